The van der Waals surface area contributed by atoms with Gasteiger partial charge in [0.05, 0.1) is 5.66 Å². The molecule has 22 heavy (non-hydrogen) atoms. The number of hydrogen-bond acceptors (Lipinski definition) is 4. The molecule has 0 atom stereocenters. The fourth-order valence-electron chi connectivity index (χ4n) is 2.13. The van der Waals surface area contributed by atoms with E-state index in [1.54, 1.807) is 11.9 Å². The molecule has 0 saturated carbocycles. The Kier molecular flexibility index (Phi) is 5.51. The quantitative estimate of drug-likeness (QED) is 0.557. The van der Waals surface area contributed by atoms with E-state index in [0.29, 0.717) is 0 Å². The predicted octanol–water partition coefficient (Wildman–Crippen LogP) is 3.99. The fourth-order valence-corrected chi connectivity index (χ4v) is 2.82. The molecule has 0 aliphatic heterocycles. The predicted molar refractivity (Wildman–Crippen MR) is 96.9 cm³/mol. The van der Waals surface area contributed by atoms with Gasteiger partial charge in [-0.25, -0.2) is 0 Å². The van der Waals surface area contributed by atoms with E-state index in [9.17, 15) is 0 Å². The molecule has 0 heterocycles. The Morgan fingerprint density at radius 1 is 1.00 bits per heavy atom. The van der Waals surface area contributed by atoms with Crippen LogP contribution in [0.5, 0.6) is 0 Å². The van der Waals surface area contributed by atoms with Gasteiger partial charge < -0.3 is 16.2 Å². The number of nitrogens with one attached hydrogen (secondary N) is 1. The highest BCUT2D eigenvalue weighted by Crippen LogP contribution is 2.26. The van der Waals surface area contributed by atoms with Crippen molar-refractivity contribution in [1.29, 1.82) is 0 Å². The summed E-state index contributed by atoms with van der Waals surface area (Å²) in [4.78, 5) is 1.19. The second kappa shape index (κ2) is 7.18. The van der Waals surface area contributed by atoms with Gasteiger partial charge in [-0.3, -0.25) is 0 Å². The second-order valence-corrected chi connectivity index (χ2v) is 7.06. The third kappa shape index (κ3) is 5.37. The highest BCUT2D eigenvalue weighted by atomic mass is 32.2. The molecular weight excluding hydrogens is 290 g/mol. The lowest BCUT2D eigenvalue weighted by Gasteiger charge is -2.20. The Morgan fingerprint density at radius 2 is 1.64 bits per heavy atom. The fraction of sp³-hybridized carbons (Fsp3) is 0.333. The zero-order chi connectivity index (χ0) is 16.2. The minimum atomic E-state index is -0.633. The topological polar surface area (TPSA) is 64.1 Å². The Balaban J connectivity index is 2.08. The van der Waals surface area contributed by atoms with E-state index < -0.39 is 5.66 Å². The SMILES string of the molecule is Cc1ccc(SNc2cc(C)ccc2CCC(C)(N)N)cc1. The van der Waals surface area contributed by atoms with E-state index in [2.05, 4.69) is 61.0 Å². The van der Waals surface area contributed by atoms with Gasteiger partial charge in [-0.1, -0.05) is 29.8 Å². The van der Waals surface area contributed by atoms with Gasteiger partial charge in [0, 0.05) is 10.6 Å². The van der Waals surface area contributed by atoms with Crippen LogP contribution < -0.4 is 16.2 Å². The van der Waals surface area contributed by atoms with E-state index in [1.807, 2.05) is 6.92 Å². The third-order valence-electron chi connectivity index (χ3n) is 3.50. The molecule has 0 aromatic heterocycles. The van der Waals surface area contributed by atoms with E-state index in [-0.39, 0.29) is 0 Å². The highest BCUT2D eigenvalue weighted by Gasteiger charge is 2.12. The van der Waals surface area contributed by atoms with Crippen LogP contribution in [0, 0.1) is 13.8 Å². The van der Waals surface area contributed by atoms with Gasteiger partial charge in [-0.2, -0.15) is 0 Å². The lowest BCUT2D eigenvalue weighted by Crippen LogP contribution is -2.46. The minimum absolute atomic E-state index is 0.633. The van der Waals surface area contributed by atoms with Crippen LogP contribution in [-0.2, 0) is 6.42 Å². The molecule has 0 spiro atoms. The molecule has 0 amide bonds. The van der Waals surface area contributed by atoms with Gasteiger partial charge in [0.25, 0.3) is 0 Å². The van der Waals surface area contributed by atoms with Crippen LogP contribution in [0.25, 0.3) is 0 Å². The molecule has 3 nitrogen and oxygen atoms in total. The lowest BCUT2D eigenvalue weighted by atomic mass is 10.0. The summed E-state index contributed by atoms with van der Waals surface area (Å²) >= 11 is 1.63. The van der Waals surface area contributed by atoms with Crippen LogP contribution in [0.1, 0.15) is 30.0 Å². The first-order valence-electron chi connectivity index (χ1n) is 7.50. The van der Waals surface area contributed by atoms with Crippen molar-refractivity contribution in [2.45, 2.75) is 44.2 Å². The first-order valence-corrected chi connectivity index (χ1v) is 8.32. The monoisotopic (exact) mass is 315 g/mol. The van der Waals surface area contributed by atoms with Crippen LogP contribution in [0.15, 0.2) is 47.4 Å². The minimum Gasteiger partial charge on any atom is -0.325 e. The Hall–Kier alpha value is -1.49. The number of hydrogen-bond donors (Lipinski definition) is 3. The molecule has 118 valence electrons. The number of rotatable bonds is 6. The van der Waals surface area contributed by atoms with Crippen molar-refractivity contribution in [2.75, 3.05) is 4.72 Å². The summed E-state index contributed by atoms with van der Waals surface area (Å²) in [6, 6.07) is 14.9. The van der Waals surface area contributed by atoms with E-state index in [0.717, 1.165) is 18.5 Å². The Bertz CT molecular complexity index is 615. The molecule has 2 aromatic carbocycles. The van der Waals surface area contributed by atoms with Crippen LogP contribution in [-0.4, -0.2) is 5.66 Å². The summed E-state index contributed by atoms with van der Waals surface area (Å²) in [6.07, 6.45) is 1.61. The van der Waals surface area contributed by atoms with Crippen LogP contribution in [0.2, 0.25) is 0 Å². The smallest absolute Gasteiger partial charge is 0.0610 e. The van der Waals surface area contributed by atoms with Gasteiger partial charge in [-0.05, 0) is 74.9 Å². The molecule has 0 aliphatic carbocycles. The van der Waals surface area contributed by atoms with Gasteiger partial charge in [0.15, 0.2) is 0 Å². The molecule has 0 aliphatic rings. The van der Waals surface area contributed by atoms with Gasteiger partial charge >= 0.3 is 0 Å². The Labute approximate surface area is 137 Å². The van der Waals surface area contributed by atoms with Crippen molar-refractivity contribution in [1.82, 2.24) is 0 Å². The molecule has 0 fully saturated rings. The van der Waals surface area contributed by atoms with Crippen molar-refractivity contribution in [2.24, 2.45) is 11.5 Å². The van der Waals surface area contributed by atoms with Crippen molar-refractivity contribution in [3.8, 4) is 0 Å². The molecule has 5 N–H and O–H groups in total. The summed E-state index contributed by atoms with van der Waals surface area (Å²) in [5.41, 5.74) is 16.0. The van der Waals surface area contributed by atoms with Gasteiger partial charge in [0.2, 0.25) is 0 Å². The average molecular weight is 315 g/mol. The summed E-state index contributed by atoms with van der Waals surface area (Å²) < 4.78 is 3.46. The zero-order valence-corrected chi connectivity index (χ0v) is 14.3. The maximum Gasteiger partial charge on any atom is 0.0610 e. The maximum absolute atomic E-state index is 5.89. The van der Waals surface area contributed by atoms with Crippen molar-refractivity contribution < 1.29 is 0 Å². The van der Waals surface area contributed by atoms with Crippen LogP contribution >= 0.6 is 11.9 Å². The van der Waals surface area contributed by atoms with Gasteiger partial charge in [-0.15, -0.1) is 0 Å². The number of nitrogens with two attached hydrogens (primary N) is 2. The summed E-state index contributed by atoms with van der Waals surface area (Å²) in [7, 11) is 0. The number of anilines is 1. The standard InChI is InChI=1S/C18H25N3S/c1-13-5-8-16(9-6-13)22-21-17-12-14(2)4-7-15(17)10-11-18(3,19)20/h4-9,12,21H,10-11,19-20H2,1-3H3. The van der Waals surface area contributed by atoms with Crippen LogP contribution in [0.3, 0.4) is 0 Å². The second-order valence-electron chi connectivity index (χ2n) is 6.18. The average Bonchev–Trinajstić information content (AvgIpc) is 2.45. The number of aryl methyl sites for hydroxylation is 3. The summed E-state index contributed by atoms with van der Waals surface area (Å²) in [6.45, 7) is 6.05. The molecule has 0 bridgehead atoms. The van der Waals surface area contributed by atoms with Crippen molar-refractivity contribution in [3.63, 3.8) is 0 Å². The van der Waals surface area contributed by atoms with Crippen molar-refractivity contribution >= 4 is 17.6 Å². The summed E-state index contributed by atoms with van der Waals surface area (Å²) in [5.74, 6) is 0. The molecule has 0 saturated heterocycles. The Morgan fingerprint density at radius 3 is 2.27 bits per heavy atom. The highest BCUT2D eigenvalue weighted by molar-refractivity contribution is 8.00. The normalized spacial score (nSPS) is 11.5. The largest absolute Gasteiger partial charge is 0.325 e. The van der Waals surface area contributed by atoms with Crippen LogP contribution in [0.4, 0.5) is 5.69 Å². The van der Waals surface area contributed by atoms with E-state index >= 15 is 0 Å². The molecule has 4 heteroatoms. The van der Waals surface area contributed by atoms with Crippen molar-refractivity contribution in [3.05, 3.63) is 59.2 Å². The first kappa shape index (κ1) is 16.9. The zero-order valence-electron chi connectivity index (χ0n) is 13.5. The molecular formula is C18H25N3S. The van der Waals surface area contributed by atoms with Gasteiger partial charge in [0.1, 0.15) is 0 Å². The molecule has 0 unspecified atom stereocenters. The summed E-state index contributed by atoms with van der Waals surface area (Å²) in [5, 5.41) is 0. The molecule has 2 aromatic rings. The van der Waals surface area contributed by atoms with E-state index in [1.165, 1.54) is 21.6 Å². The first-order chi connectivity index (χ1) is 10.3. The molecule has 0 radical (unpaired) electrons. The lowest BCUT2D eigenvalue weighted by molar-refractivity contribution is 0.451. The number of benzene rings is 2. The van der Waals surface area contributed by atoms with E-state index in [4.69, 9.17) is 11.5 Å². The maximum atomic E-state index is 5.89. The molecule has 2 rings (SSSR count). The third-order valence-corrected chi connectivity index (χ3v) is 4.33.